The lowest BCUT2D eigenvalue weighted by Gasteiger charge is -2.31. The minimum absolute atomic E-state index is 0.0599. The highest BCUT2D eigenvalue weighted by atomic mass is 79.9. The number of hydrazine groups is 1. The monoisotopic (exact) mass is 751 g/mol. The van der Waals surface area contributed by atoms with Gasteiger partial charge in [-0.05, 0) is 59.7 Å². The molecule has 9 nitrogen and oxygen atoms in total. The number of carbonyl (C=O) groups is 1. The molecule has 46 heavy (non-hydrogen) atoms. The average Bonchev–Trinajstić information content (AvgIpc) is 3.47. The van der Waals surface area contributed by atoms with Crippen LogP contribution in [0.1, 0.15) is 34.8 Å². The topological polar surface area (TPSA) is 111 Å². The summed E-state index contributed by atoms with van der Waals surface area (Å²) in [6.45, 7) is 0.760. The maximum atomic E-state index is 14.5. The zero-order valence-electron chi connectivity index (χ0n) is 25.5. The first-order valence-corrected chi connectivity index (χ1v) is 16.3. The number of amides is 1. The van der Waals surface area contributed by atoms with Gasteiger partial charge in [0.1, 0.15) is 17.2 Å². The van der Waals surface area contributed by atoms with Gasteiger partial charge in [-0.25, -0.2) is 10.4 Å². The van der Waals surface area contributed by atoms with Crippen molar-refractivity contribution in [2.75, 3.05) is 27.4 Å². The second-order valence-corrected chi connectivity index (χ2v) is 12.4. The van der Waals surface area contributed by atoms with E-state index >= 15 is 0 Å². The first kappa shape index (κ1) is 33.5. The molecule has 5 rings (SSSR count). The number of aliphatic hydroxyl groups is 1. The number of aliphatic imine (C=N–C) groups is 1. The largest absolute Gasteiger partial charge is 0.497 e. The van der Waals surface area contributed by atoms with Gasteiger partial charge in [0.25, 0.3) is 5.91 Å². The van der Waals surface area contributed by atoms with Crippen LogP contribution in [0, 0.1) is 0 Å². The van der Waals surface area contributed by atoms with Gasteiger partial charge in [-0.2, -0.15) is 0 Å². The Morgan fingerprint density at radius 3 is 2.37 bits per heavy atom. The molecule has 1 aliphatic rings. The van der Waals surface area contributed by atoms with Crippen LogP contribution in [-0.4, -0.2) is 49.9 Å². The maximum Gasteiger partial charge on any atom is 0.266 e. The van der Waals surface area contributed by atoms with Gasteiger partial charge in [0.05, 0.1) is 20.8 Å². The molecular weight excluding hydrogens is 718 g/mol. The van der Waals surface area contributed by atoms with E-state index in [2.05, 4.69) is 42.7 Å². The number of halogens is 2. The molecule has 4 aromatic rings. The molecule has 0 aromatic heterocycles. The van der Waals surface area contributed by atoms with Crippen molar-refractivity contribution in [1.82, 2.24) is 10.9 Å². The highest BCUT2D eigenvalue weighted by molar-refractivity contribution is 9.10. The molecule has 0 bridgehead atoms. The fourth-order valence-electron chi connectivity index (χ4n) is 5.18. The van der Waals surface area contributed by atoms with Gasteiger partial charge in [-0.1, -0.05) is 68.3 Å². The highest BCUT2D eigenvalue weighted by Crippen LogP contribution is 2.43. The van der Waals surface area contributed by atoms with Crippen molar-refractivity contribution in [1.29, 1.82) is 0 Å². The number of nitrogens with one attached hydrogen (secondary N) is 2. The van der Waals surface area contributed by atoms with Crippen LogP contribution in [0.5, 0.6) is 17.2 Å². The van der Waals surface area contributed by atoms with E-state index in [-0.39, 0.29) is 18.9 Å². The molecule has 0 spiro atoms. The van der Waals surface area contributed by atoms with Crippen LogP contribution in [0.25, 0.3) is 0 Å². The molecule has 1 amide bonds. The fraction of sp³-hybridized carbons (Fsp3) is 0.257. The summed E-state index contributed by atoms with van der Waals surface area (Å²) in [6, 6.07) is 28.4. The average molecular weight is 753 g/mol. The molecule has 0 unspecified atom stereocenters. The molecule has 2 atom stereocenters. The molecular formula is C35H35Br2N3O6. The quantitative estimate of drug-likeness (QED) is 0.102. The molecule has 0 radical (unpaired) electrons. The Morgan fingerprint density at radius 2 is 1.67 bits per heavy atom. The summed E-state index contributed by atoms with van der Waals surface area (Å²) in [6.07, 6.45) is 0.0409. The number of rotatable bonds is 14. The van der Waals surface area contributed by atoms with Crippen LogP contribution in [0.15, 0.2) is 105 Å². The SMILES string of the molecule is COc1ccc(CNNC(=O)[C@@]2(Cc3ccccc3Br)N=C(c3ccc(OCCCO)cc3)O[C@H]2c2ccc(Br)cc2)c(OC)c1. The highest BCUT2D eigenvalue weighted by Gasteiger charge is 2.53. The third-order valence-electron chi connectivity index (χ3n) is 7.60. The second-order valence-electron chi connectivity index (χ2n) is 10.6. The Morgan fingerprint density at radius 1 is 0.935 bits per heavy atom. The molecule has 3 N–H and O–H groups in total. The van der Waals surface area contributed by atoms with E-state index in [1.54, 1.807) is 20.3 Å². The molecule has 0 saturated heterocycles. The van der Waals surface area contributed by atoms with Gasteiger partial charge < -0.3 is 24.1 Å². The van der Waals surface area contributed by atoms with Crippen LogP contribution in [0.4, 0.5) is 0 Å². The summed E-state index contributed by atoms with van der Waals surface area (Å²) in [5.41, 5.74) is 7.86. The number of hydrogen-bond acceptors (Lipinski definition) is 8. The smallest absolute Gasteiger partial charge is 0.266 e. The van der Waals surface area contributed by atoms with Crippen molar-refractivity contribution in [3.63, 3.8) is 0 Å². The summed E-state index contributed by atoms with van der Waals surface area (Å²) >= 11 is 7.19. The van der Waals surface area contributed by atoms with E-state index in [0.717, 1.165) is 25.6 Å². The normalized spacial score (nSPS) is 17.2. The Hall–Kier alpha value is -3.90. The Bertz CT molecular complexity index is 1670. The van der Waals surface area contributed by atoms with Crippen molar-refractivity contribution in [2.45, 2.75) is 31.0 Å². The zero-order chi connectivity index (χ0) is 32.5. The minimum atomic E-state index is -1.39. The predicted molar refractivity (Wildman–Crippen MR) is 183 cm³/mol. The molecule has 4 aromatic carbocycles. The fourth-order valence-corrected chi connectivity index (χ4v) is 5.87. The Kier molecular flexibility index (Phi) is 11.3. The number of nitrogens with zero attached hydrogens (tertiary/aromatic N) is 1. The van der Waals surface area contributed by atoms with E-state index in [1.165, 1.54) is 0 Å². The minimum Gasteiger partial charge on any atom is -0.497 e. The first-order chi connectivity index (χ1) is 22.4. The van der Waals surface area contributed by atoms with Crippen molar-refractivity contribution in [3.05, 3.63) is 122 Å². The lowest BCUT2D eigenvalue weighted by atomic mass is 9.82. The van der Waals surface area contributed by atoms with Crippen molar-refractivity contribution in [3.8, 4) is 17.2 Å². The molecule has 240 valence electrons. The number of methoxy groups -OCH3 is 2. The standard InChI is InChI=1S/C35H35Br2N3O6/c1-43-29-17-12-26(31(20-29)44-2)22-38-40-34(42)35(21-25-6-3-4-7-30(25)37)32(23-8-13-27(36)14-9-23)46-33(39-35)24-10-15-28(16-11-24)45-19-5-18-41/h3-4,6-17,20,32,38,41H,5,18-19,21-22H2,1-2H3,(H,40,42)/t32-,35-/m0/s1. The maximum absolute atomic E-state index is 14.5. The third kappa shape index (κ3) is 7.72. The lowest BCUT2D eigenvalue weighted by Crippen LogP contribution is -2.53. The molecule has 0 aliphatic carbocycles. The molecule has 0 fully saturated rings. The van der Waals surface area contributed by atoms with Gasteiger partial charge >= 0.3 is 0 Å². The van der Waals surface area contributed by atoms with E-state index in [1.807, 2.05) is 84.9 Å². The van der Waals surface area contributed by atoms with Gasteiger partial charge in [0.2, 0.25) is 5.90 Å². The molecule has 11 heteroatoms. The molecule has 1 aliphatic heterocycles. The first-order valence-electron chi connectivity index (χ1n) is 14.7. The summed E-state index contributed by atoms with van der Waals surface area (Å²) in [5, 5.41) is 9.07. The van der Waals surface area contributed by atoms with E-state index < -0.39 is 11.6 Å². The van der Waals surface area contributed by atoms with Crippen LogP contribution in [-0.2, 0) is 22.5 Å². The van der Waals surface area contributed by atoms with Crippen LogP contribution in [0.2, 0.25) is 0 Å². The van der Waals surface area contributed by atoms with Crippen LogP contribution in [0.3, 0.4) is 0 Å². The van der Waals surface area contributed by atoms with Crippen molar-refractivity contribution in [2.24, 2.45) is 4.99 Å². The number of ether oxygens (including phenoxy) is 4. The van der Waals surface area contributed by atoms with E-state index in [4.69, 9.17) is 29.0 Å². The lowest BCUT2D eigenvalue weighted by molar-refractivity contribution is -0.130. The third-order valence-corrected chi connectivity index (χ3v) is 8.90. The summed E-state index contributed by atoms with van der Waals surface area (Å²) < 4.78 is 24.9. The van der Waals surface area contributed by atoms with Crippen LogP contribution >= 0.6 is 31.9 Å². The Balaban J connectivity index is 1.51. The van der Waals surface area contributed by atoms with E-state index in [0.29, 0.717) is 48.3 Å². The second kappa shape index (κ2) is 15.6. The predicted octanol–water partition coefficient (Wildman–Crippen LogP) is 6.31. The summed E-state index contributed by atoms with van der Waals surface area (Å²) in [4.78, 5) is 19.6. The number of benzene rings is 4. The van der Waals surface area contributed by atoms with Crippen LogP contribution < -0.4 is 25.1 Å². The number of hydrogen-bond donors (Lipinski definition) is 3. The number of carbonyl (C=O) groups excluding carboxylic acids is 1. The number of aliphatic hydroxyl groups excluding tert-OH is 1. The molecule has 1 heterocycles. The molecule has 0 saturated carbocycles. The Labute approximate surface area is 285 Å². The van der Waals surface area contributed by atoms with Gasteiger partial charge in [0, 0.05) is 52.1 Å². The van der Waals surface area contributed by atoms with Gasteiger partial charge in [-0.3, -0.25) is 10.2 Å². The van der Waals surface area contributed by atoms with Gasteiger partial charge in [0.15, 0.2) is 11.6 Å². The van der Waals surface area contributed by atoms with Crippen molar-refractivity contribution >= 4 is 43.7 Å². The van der Waals surface area contributed by atoms with Gasteiger partial charge in [-0.15, -0.1) is 0 Å². The van der Waals surface area contributed by atoms with Crippen molar-refractivity contribution < 1.29 is 28.8 Å². The summed E-state index contributed by atoms with van der Waals surface area (Å²) in [7, 11) is 3.19. The zero-order valence-corrected chi connectivity index (χ0v) is 28.6. The van der Waals surface area contributed by atoms with E-state index in [9.17, 15) is 4.79 Å². The summed E-state index contributed by atoms with van der Waals surface area (Å²) in [5.74, 6) is 1.95.